The van der Waals surface area contributed by atoms with Gasteiger partial charge in [0, 0.05) is 29.6 Å². The lowest BCUT2D eigenvalue weighted by atomic mass is 9.93. The van der Waals surface area contributed by atoms with Crippen molar-refractivity contribution in [3.8, 4) is 11.1 Å². The number of carboxylic acids is 1. The highest BCUT2D eigenvalue weighted by molar-refractivity contribution is 5.87. The molecule has 2 aromatic heterocycles. The van der Waals surface area contributed by atoms with Crippen LogP contribution in [0.3, 0.4) is 0 Å². The number of fused-ring (bicyclic) bond motifs is 1. The van der Waals surface area contributed by atoms with Gasteiger partial charge in [-0.2, -0.15) is 0 Å². The summed E-state index contributed by atoms with van der Waals surface area (Å²) in [5, 5.41) is 24.5. The van der Waals surface area contributed by atoms with Crippen molar-refractivity contribution in [2.45, 2.75) is 51.9 Å². The maximum Gasteiger partial charge on any atom is 0.331 e. The number of allylic oxidation sites excluding steroid dienone is 2. The summed E-state index contributed by atoms with van der Waals surface area (Å²) >= 11 is 0. The molecular formula is C37H40FN3O5. The van der Waals surface area contributed by atoms with Gasteiger partial charge in [-0.05, 0) is 98.0 Å². The highest BCUT2D eigenvalue weighted by Crippen LogP contribution is 2.34. The Balaban J connectivity index is 1.03. The molecule has 46 heavy (non-hydrogen) atoms. The zero-order chi connectivity index (χ0) is 32.2. The molecule has 2 aromatic carbocycles. The number of halogens is 1. The van der Waals surface area contributed by atoms with Crippen LogP contribution >= 0.6 is 0 Å². The molecule has 3 heterocycles. The molecular weight excluding hydrogens is 585 g/mol. The topological polar surface area (TPSA) is 108 Å². The quantitative estimate of drug-likeness (QED) is 0.129. The van der Waals surface area contributed by atoms with Gasteiger partial charge in [0.15, 0.2) is 12.0 Å². The number of furan rings is 1. The van der Waals surface area contributed by atoms with Crippen molar-refractivity contribution in [1.82, 2.24) is 4.98 Å². The summed E-state index contributed by atoms with van der Waals surface area (Å²) in [7, 11) is 0. The van der Waals surface area contributed by atoms with E-state index in [0.717, 1.165) is 60.2 Å². The Morgan fingerprint density at radius 2 is 1.87 bits per heavy atom. The van der Waals surface area contributed by atoms with Crippen molar-refractivity contribution in [2.75, 3.05) is 29.9 Å². The third kappa shape index (κ3) is 7.16. The van der Waals surface area contributed by atoms with Gasteiger partial charge in [0.2, 0.25) is 0 Å². The number of aryl methyl sites for hydroxylation is 1. The molecule has 1 saturated heterocycles. The number of nitrogens with zero attached hydrogens (tertiary/aromatic N) is 2. The summed E-state index contributed by atoms with van der Waals surface area (Å²) in [6, 6.07) is 16.0. The molecule has 6 rings (SSSR count). The van der Waals surface area contributed by atoms with Crippen LogP contribution in [0.2, 0.25) is 0 Å². The molecule has 0 spiro atoms. The Morgan fingerprint density at radius 1 is 1.11 bits per heavy atom. The molecule has 3 atom stereocenters. The van der Waals surface area contributed by atoms with Gasteiger partial charge >= 0.3 is 5.97 Å². The predicted molar refractivity (Wildman–Crippen MR) is 177 cm³/mol. The fourth-order valence-corrected chi connectivity index (χ4v) is 6.24. The minimum atomic E-state index is -1.07. The Kier molecular flexibility index (Phi) is 9.51. The SMILES string of the molecule is Cc1c(C(O)Nc2ccc(N3CCC(COC4/C=C(/C(=O)O)C/C=C\CC4C)CC3)nc2)oc2ccc(-c3ccc(F)cc3)cc12. The maximum absolute atomic E-state index is 13.4. The van der Waals surface area contributed by atoms with Crippen LogP contribution in [0.25, 0.3) is 22.1 Å². The van der Waals surface area contributed by atoms with E-state index in [0.29, 0.717) is 41.5 Å². The highest BCUT2D eigenvalue weighted by atomic mass is 19.1. The van der Waals surface area contributed by atoms with Crippen LogP contribution in [0.1, 0.15) is 50.2 Å². The predicted octanol–water partition coefficient (Wildman–Crippen LogP) is 7.64. The van der Waals surface area contributed by atoms with Crippen molar-refractivity contribution in [3.05, 3.63) is 102 Å². The Hall–Kier alpha value is -4.47. The zero-order valence-electron chi connectivity index (χ0n) is 26.2. The average molecular weight is 626 g/mol. The number of benzene rings is 2. The number of nitrogens with one attached hydrogen (secondary N) is 1. The molecule has 0 saturated carbocycles. The highest BCUT2D eigenvalue weighted by Gasteiger charge is 2.25. The van der Waals surface area contributed by atoms with E-state index in [9.17, 15) is 19.4 Å². The molecule has 0 amide bonds. The Labute approximate surface area is 268 Å². The standard InChI is InChI=1S/C37H40FN3O5/c1-23-5-3-4-6-28(37(43)44)20-33(23)45-22-25-15-17-41(18-16-25)34-14-12-30(21-39-34)40-36(42)35-24(2)31-19-27(9-13-32(31)46-35)26-7-10-29(38)11-8-26/h3-4,7-14,19-21,23,25,33,36,40,42H,5-6,15-18,22H2,1-2H3,(H,43,44)/b4-3-,28-20+. The van der Waals surface area contributed by atoms with Crippen molar-refractivity contribution >= 4 is 28.4 Å². The number of aromatic nitrogens is 1. The van der Waals surface area contributed by atoms with E-state index in [-0.39, 0.29) is 17.8 Å². The van der Waals surface area contributed by atoms with Gasteiger partial charge in [0.25, 0.3) is 0 Å². The van der Waals surface area contributed by atoms with E-state index in [2.05, 4.69) is 28.2 Å². The van der Waals surface area contributed by atoms with Gasteiger partial charge in [-0.15, -0.1) is 0 Å². The van der Waals surface area contributed by atoms with E-state index >= 15 is 0 Å². The number of hydrogen-bond donors (Lipinski definition) is 3. The van der Waals surface area contributed by atoms with E-state index in [1.807, 2.05) is 43.3 Å². The molecule has 3 N–H and O–H groups in total. The molecule has 1 fully saturated rings. The van der Waals surface area contributed by atoms with E-state index in [1.54, 1.807) is 24.4 Å². The first-order valence-corrected chi connectivity index (χ1v) is 15.9. The summed E-state index contributed by atoms with van der Waals surface area (Å²) in [5.41, 5.74) is 4.40. The second kappa shape index (κ2) is 13.9. The maximum atomic E-state index is 13.4. The Bertz CT molecular complexity index is 1720. The molecule has 3 unspecified atom stereocenters. The molecule has 0 bridgehead atoms. The van der Waals surface area contributed by atoms with Crippen molar-refractivity contribution in [2.24, 2.45) is 11.8 Å². The lowest BCUT2D eigenvalue weighted by Gasteiger charge is -2.34. The van der Waals surface area contributed by atoms with Gasteiger partial charge in [0.05, 0.1) is 24.6 Å². The number of rotatable bonds is 9. The summed E-state index contributed by atoms with van der Waals surface area (Å²) in [6.45, 7) is 6.34. The first-order chi connectivity index (χ1) is 22.2. The summed E-state index contributed by atoms with van der Waals surface area (Å²) in [6.07, 6.45) is 9.46. The lowest BCUT2D eigenvalue weighted by molar-refractivity contribution is -0.132. The second-order valence-corrected chi connectivity index (χ2v) is 12.4. The van der Waals surface area contributed by atoms with Crippen LogP contribution in [-0.2, 0) is 9.53 Å². The number of pyridine rings is 1. The number of hydrogen-bond acceptors (Lipinski definition) is 7. The molecule has 2 aliphatic rings. The Morgan fingerprint density at radius 3 is 2.59 bits per heavy atom. The monoisotopic (exact) mass is 625 g/mol. The van der Waals surface area contributed by atoms with Crippen LogP contribution in [-0.4, -0.2) is 47.0 Å². The number of piperidine rings is 1. The number of aliphatic hydroxyl groups is 1. The molecule has 8 nitrogen and oxygen atoms in total. The fraction of sp³-hybridized carbons (Fsp3) is 0.351. The zero-order valence-corrected chi connectivity index (χ0v) is 26.2. The number of aliphatic hydroxyl groups excluding tert-OH is 1. The van der Waals surface area contributed by atoms with Gasteiger partial charge in [-0.3, -0.25) is 0 Å². The van der Waals surface area contributed by atoms with Crippen molar-refractivity contribution < 1.29 is 28.6 Å². The van der Waals surface area contributed by atoms with Gasteiger partial charge in [-0.25, -0.2) is 14.2 Å². The molecule has 240 valence electrons. The number of ether oxygens (including phenoxy) is 1. The molecule has 0 radical (unpaired) electrons. The van der Waals surface area contributed by atoms with Crippen molar-refractivity contribution in [3.63, 3.8) is 0 Å². The molecule has 1 aliphatic heterocycles. The molecule has 9 heteroatoms. The second-order valence-electron chi connectivity index (χ2n) is 12.4. The third-order valence-corrected chi connectivity index (χ3v) is 9.13. The summed E-state index contributed by atoms with van der Waals surface area (Å²) in [4.78, 5) is 18.5. The van der Waals surface area contributed by atoms with E-state index < -0.39 is 12.2 Å². The average Bonchev–Trinajstić information content (AvgIpc) is 3.39. The van der Waals surface area contributed by atoms with Crippen LogP contribution in [0.4, 0.5) is 15.9 Å². The minimum Gasteiger partial charge on any atom is -0.478 e. The number of aliphatic carboxylic acids is 1. The van der Waals surface area contributed by atoms with E-state index in [1.165, 1.54) is 12.1 Å². The first kappa shape index (κ1) is 31.5. The first-order valence-electron chi connectivity index (χ1n) is 15.9. The van der Waals surface area contributed by atoms with Crippen LogP contribution in [0.15, 0.2) is 89.0 Å². The largest absolute Gasteiger partial charge is 0.478 e. The van der Waals surface area contributed by atoms with Crippen LogP contribution in [0, 0.1) is 24.6 Å². The number of carbonyl (C=O) groups is 1. The normalized spacial score (nSPS) is 21.7. The third-order valence-electron chi connectivity index (χ3n) is 9.13. The summed E-state index contributed by atoms with van der Waals surface area (Å²) in [5.74, 6) is 0.770. The summed E-state index contributed by atoms with van der Waals surface area (Å²) < 4.78 is 25.7. The molecule has 1 aliphatic carbocycles. The van der Waals surface area contributed by atoms with Gasteiger partial charge in [0.1, 0.15) is 17.2 Å². The number of anilines is 2. The van der Waals surface area contributed by atoms with Gasteiger partial charge < -0.3 is 29.6 Å². The lowest BCUT2D eigenvalue weighted by Crippen LogP contribution is -2.36. The van der Waals surface area contributed by atoms with E-state index in [4.69, 9.17) is 9.15 Å². The van der Waals surface area contributed by atoms with Crippen molar-refractivity contribution in [1.29, 1.82) is 0 Å². The molecule has 4 aromatic rings. The minimum absolute atomic E-state index is 0.201. The van der Waals surface area contributed by atoms with Crippen LogP contribution in [0.5, 0.6) is 0 Å². The van der Waals surface area contributed by atoms with Crippen LogP contribution < -0.4 is 10.2 Å². The smallest absolute Gasteiger partial charge is 0.331 e. The number of carboxylic acid groups (broad SMARTS) is 1. The fourth-order valence-electron chi connectivity index (χ4n) is 6.24. The van der Waals surface area contributed by atoms with Gasteiger partial charge in [-0.1, -0.05) is 37.3 Å².